The lowest BCUT2D eigenvalue weighted by Crippen LogP contribution is -2.03. The van der Waals surface area contributed by atoms with Gasteiger partial charge in [-0.3, -0.25) is 0 Å². The number of rotatable bonds is 2. The number of hydrogen-bond donors (Lipinski definition) is 1. The van der Waals surface area contributed by atoms with Gasteiger partial charge in [0.05, 0.1) is 5.56 Å². The fourth-order valence-electron chi connectivity index (χ4n) is 0.947. The van der Waals surface area contributed by atoms with Gasteiger partial charge in [-0.1, -0.05) is 15.9 Å². The van der Waals surface area contributed by atoms with Crippen LogP contribution >= 0.6 is 15.9 Å². The fraction of sp³-hybridized carbons (Fsp3) is 0.250. The molecule has 6 heteroatoms. The number of pyridine rings is 1. The van der Waals surface area contributed by atoms with E-state index < -0.39 is 12.1 Å². The van der Waals surface area contributed by atoms with Crippen LogP contribution in [0.2, 0.25) is 0 Å². The van der Waals surface area contributed by atoms with Crippen LogP contribution in [0.3, 0.4) is 0 Å². The summed E-state index contributed by atoms with van der Waals surface area (Å²) in [6.45, 7) is 0. The highest BCUT2D eigenvalue weighted by Gasteiger charge is 2.17. The molecule has 0 radical (unpaired) electrons. The number of anilines is 1. The minimum Gasteiger partial charge on any atom is -0.383 e. The quantitative estimate of drug-likeness (QED) is 0.832. The number of nitrogen functional groups attached to an aromatic ring is 1. The van der Waals surface area contributed by atoms with Crippen molar-refractivity contribution in [3.05, 3.63) is 22.9 Å². The van der Waals surface area contributed by atoms with E-state index in [1.54, 1.807) is 6.07 Å². The van der Waals surface area contributed by atoms with Crippen LogP contribution in [0.15, 0.2) is 6.07 Å². The molecule has 0 atom stereocenters. The van der Waals surface area contributed by atoms with Crippen LogP contribution in [0.5, 0.6) is 0 Å². The average molecular weight is 262 g/mol. The second-order valence-electron chi connectivity index (χ2n) is 2.51. The van der Waals surface area contributed by atoms with Crippen molar-refractivity contribution in [1.82, 2.24) is 4.98 Å². The standard InChI is InChI=1S/C8H6BrF2N3/c9-2-4-1-5(3-12)6(7(10)11)14-8(4)13/h1,7H,2H2,(H2,13,14). The monoisotopic (exact) mass is 261 g/mol. The fourth-order valence-corrected chi connectivity index (χ4v) is 1.40. The second-order valence-corrected chi connectivity index (χ2v) is 3.07. The van der Waals surface area contributed by atoms with E-state index in [4.69, 9.17) is 11.0 Å². The number of hydrogen-bond acceptors (Lipinski definition) is 3. The lowest BCUT2D eigenvalue weighted by atomic mass is 10.1. The van der Waals surface area contributed by atoms with Gasteiger partial charge in [-0.05, 0) is 6.07 Å². The van der Waals surface area contributed by atoms with Gasteiger partial charge in [-0.15, -0.1) is 0 Å². The maximum atomic E-state index is 12.3. The van der Waals surface area contributed by atoms with Crippen molar-refractivity contribution >= 4 is 21.7 Å². The molecule has 14 heavy (non-hydrogen) atoms. The highest BCUT2D eigenvalue weighted by molar-refractivity contribution is 9.08. The molecule has 1 aromatic heterocycles. The molecule has 0 saturated carbocycles. The molecule has 0 bridgehead atoms. The summed E-state index contributed by atoms with van der Waals surface area (Å²) in [5.74, 6) is 0.0242. The van der Waals surface area contributed by atoms with Crippen molar-refractivity contribution < 1.29 is 8.78 Å². The third-order valence-electron chi connectivity index (χ3n) is 1.64. The Hall–Kier alpha value is -1.22. The molecule has 0 amide bonds. The Morgan fingerprint density at radius 2 is 2.29 bits per heavy atom. The SMILES string of the molecule is N#Cc1cc(CBr)c(N)nc1C(F)F. The zero-order chi connectivity index (χ0) is 10.7. The Kier molecular flexibility index (Phi) is 3.36. The number of nitrogens with zero attached hydrogens (tertiary/aromatic N) is 2. The van der Waals surface area contributed by atoms with E-state index in [-0.39, 0.29) is 11.4 Å². The first-order valence-electron chi connectivity index (χ1n) is 3.63. The first-order chi connectivity index (χ1) is 6.60. The zero-order valence-corrected chi connectivity index (χ0v) is 8.55. The Bertz CT molecular complexity index is 387. The van der Waals surface area contributed by atoms with E-state index in [0.29, 0.717) is 10.9 Å². The van der Waals surface area contributed by atoms with E-state index in [2.05, 4.69) is 20.9 Å². The second kappa shape index (κ2) is 4.33. The average Bonchev–Trinajstić information content (AvgIpc) is 2.17. The Labute approximate surface area is 87.7 Å². The molecule has 0 aliphatic rings. The number of alkyl halides is 3. The van der Waals surface area contributed by atoms with Gasteiger partial charge in [0.15, 0.2) is 0 Å². The van der Waals surface area contributed by atoms with Crippen molar-refractivity contribution in [2.24, 2.45) is 0 Å². The summed E-state index contributed by atoms with van der Waals surface area (Å²) in [7, 11) is 0. The summed E-state index contributed by atoms with van der Waals surface area (Å²) in [5.41, 5.74) is 5.25. The molecule has 1 rings (SSSR count). The molecular weight excluding hydrogens is 256 g/mol. The van der Waals surface area contributed by atoms with E-state index >= 15 is 0 Å². The summed E-state index contributed by atoms with van der Waals surface area (Å²) in [4.78, 5) is 3.49. The third kappa shape index (κ3) is 1.99. The van der Waals surface area contributed by atoms with Crippen molar-refractivity contribution in [3.8, 4) is 6.07 Å². The zero-order valence-electron chi connectivity index (χ0n) is 6.97. The van der Waals surface area contributed by atoms with Crippen LogP contribution in [-0.2, 0) is 5.33 Å². The maximum Gasteiger partial charge on any atom is 0.281 e. The minimum absolute atomic E-state index is 0.0242. The molecule has 0 aliphatic carbocycles. The van der Waals surface area contributed by atoms with Crippen LogP contribution in [0.25, 0.3) is 0 Å². The topological polar surface area (TPSA) is 62.7 Å². The Morgan fingerprint density at radius 3 is 2.71 bits per heavy atom. The van der Waals surface area contributed by atoms with Crippen molar-refractivity contribution in [3.63, 3.8) is 0 Å². The predicted molar refractivity (Wildman–Crippen MR) is 51.0 cm³/mol. The van der Waals surface area contributed by atoms with Gasteiger partial charge in [0, 0.05) is 10.9 Å². The molecule has 0 spiro atoms. The van der Waals surface area contributed by atoms with Crippen LogP contribution in [0.1, 0.15) is 23.2 Å². The largest absolute Gasteiger partial charge is 0.383 e. The van der Waals surface area contributed by atoms with Crippen LogP contribution in [0, 0.1) is 11.3 Å². The highest BCUT2D eigenvalue weighted by Crippen LogP contribution is 2.24. The van der Waals surface area contributed by atoms with Crippen LogP contribution in [-0.4, -0.2) is 4.98 Å². The van der Waals surface area contributed by atoms with E-state index in [9.17, 15) is 8.78 Å². The maximum absolute atomic E-state index is 12.3. The van der Waals surface area contributed by atoms with Gasteiger partial charge in [0.2, 0.25) is 0 Å². The number of nitrogens with two attached hydrogens (primary N) is 1. The van der Waals surface area contributed by atoms with Gasteiger partial charge in [0.25, 0.3) is 6.43 Å². The number of halogens is 3. The molecule has 0 fully saturated rings. The normalized spacial score (nSPS) is 10.2. The Morgan fingerprint density at radius 1 is 1.64 bits per heavy atom. The molecular formula is C8H6BrF2N3. The lowest BCUT2D eigenvalue weighted by molar-refractivity contribution is 0.146. The van der Waals surface area contributed by atoms with E-state index in [1.807, 2.05) is 0 Å². The van der Waals surface area contributed by atoms with E-state index in [1.165, 1.54) is 6.07 Å². The number of nitriles is 1. The summed E-state index contributed by atoms with van der Waals surface area (Å²) in [5, 5.41) is 8.98. The molecule has 1 aromatic rings. The first-order valence-corrected chi connectivity index (χ1v) is 4.75. The summed E-state index contributed by atoms with van der Waals surface area (Å²) >= 11 is 3.12. The summed E-state index contributed by atoms with van der Waals surface area (Å²) < 4.78 is 24.7. The molecule has 0 aromatic carbocycles. The third-order valence-corrected chi connectivity index (χ3v) is 2.24. The van der Waals surface area contributed by atoms with Gasteiger partial charge < -0.3 is 5.73 Å². The Balaban J connectivity index is 3.33. The van der Waals surface area contributed by atoms with Crippen molar-refractivity contribution in [2.45, 2.75) is 11.8 Å². The van der Waals surface area contributed by atoms with E-state index in [0.717, 1.165) is 0 Å². The molecule has 0 aliphatic heterocycles. The predicted octanol–water partition coefficient (Wildman–Crippen LogP) is 2.37. The lowest BCUT2D eigenvalue weighted by Gasteiger charge is -2.06. The van der Waals surface area contributed by atoms with Crippen LogP contribution in [0.4, 0.5) is 14.6 Å². The molecule has 74 valence electrons. The van der Waals surface area contributed by atoms with Gasteiger partial charge >= 0.3 is 0 Å². The van der Waals surface area contributed by atoms with Crippen molar-refractivity contribution in [2.75, 3.05) is 5.73 Å². The molecule has 3 nitrogen and oxygen atoms in total. The summed E-state index contributed by atoms with van der Waals surface area (Å²) in [6, 6.07) is 2.98. The van der Waals surface area contributed by atoms with Gasteiger partial charge in [-0.2, -0.15) is 5.26 Å². The van der Waals surface area contributed by atoms with Crippen molar-refractivity contribution in [1.29, 1.82) is 5.26 Å². The van der Waals surface area contributed by atoms with Gasteiger partial charge in [0.1, 0.15) is 17.6 Å². The smallest absolute Gasteiger partial charge is 0.281 e. The number of aromatic nitrogens is 1. The minimum atomic E-state index is -2.78. The molecule has 1 heterocycles. The van der Waals surface area contributed by atoms with Gasteiger partial charge in [-0.25, -0.2) is 13.8 Å². The molecule has 2 N–H and O–H groups in total. The highest BCUT2D eigenvalue weighted by atomic mass is 79.9. The first kappa shape index (κ1) is 10.9. The van der Waals surface area contributed by atoms with Crippen LogP contribution < -0.4 is 5.73 Å². The summed E-state index contributed by atoms with van der Waals surface area (Å²) in [6.07, 6.45) is -2.78. The molecule has 0 unspecified atom stereocenters. The molecule has 0 saturated heterocycles.